The Kier molecular flexibility index (Phi) is 6.26. The van der Waals surface area contributed by atoms with Crippen LogP contribution >= 0.6 is 0 Å². The van der Waals surface area contributed by atoms with Gasteiger partial charge >= 0.3 is 0 Å². The highest BCUT2D eigenvalue weighted by Crippen LogP contribution is 2.33. The summed E-state index contributed by atoms with van der Waals surface area (Å²) in [5.41, 5.74) is 10.1. The van der Waals surface area contributed by atoms with E-state index in [1.807, 2.05) is 30.3 Å². The van der Waals surface area contributed by atoms with E-state index in [1.165, 1.54) is 14.2 Å². The number of nitrogens with zero attached hydrogens (tertiary/aromatic N) is 2. The summed E-state index contributed by atoms with van der Waals surface area (Å²) in [7, 11) is 2.98. The van der Waals surface area contributed by atoms with Gasteiger partial charge in [0.1, 0.15) is 28.5 Å². The van der Waals surface area contributed by atoms with Crippen LogP contribution in [0.15, 0.2) is 59.1 Å². The topological polar surface area (TPSA) is 136 Å². The van der Waals surface area contributed by atoms with E-state index in [1.54, 1.807) is 31.2 Å². The zero-order chi connectivity index (χ0) is 24.2. The maximum atomic E-state index is 13.2. The van der Waals surface area contributed by atoms with Gasteiger partial charge in [-0.1, -0.05) is 35.5 Å². The van der Waals surface area contributed by atoms with E-state index in [2.05, 4.69) is 15.5 Å². The molecule has 0 spiro atoms. The van der Waals surface area contributed by atoms with Gasteiger partial charge in [-0.15, -0.1) is 0 Å². The lowest BCUT2D eigenvalue weighted by atomic mass is 10.0. The van der Waals surface area contributed by atoms with Gasteiger partial charge in [0, 0.05) is 23.0 Å². The van der Waals surface area contributed by atoms with Crippen LogP contribution in [-0.2, 0) is 0 Å². The first-order valence-electron chi connectivity index (χ1n) is 10.3. The lowest BCUT2D eigenvalue weighted by Crippen LogP contribution is -2.14. The van der Waals surface area contributed by atoms with Crippen molar-refractivity contribution in [2.24, 2.45) is 0 Å². The molecule has 0 aliphatic heterocycles. The zero-order valence-electron chi connectivity index (χ0n) is 18.9. The fourth-order valence-corrected chi connectivity index (χ4v) is 3.59. The number of nitrogens with two attached hydrogens (primary N) is 1. The maximum Gasteiger partial charge on any atom is 0.261 e. The molecule has 4 rings (SSSR count). The first-order valence-corrected chi connectivity index (χ1v) is 10.3. The van der Waals surface area contributed by atoms with Crippen LogP contribution in [0.3, 0.4) is 0 Å². The molecule has 4 aromatic rings. The Balaban J connectivity index is 1.67. The third-order valence-corrected chi connectivity index (χ3v) is 5.27. The average Bonchev–Trinajstić information content (AvgIpc) is 3.25. The first-order chi connectivity index (χ1) is 16.5. The number of rotatable bonds is 7. The van der Waals surface area contributed by atoms with Gasteiger partial charge in [0.05, 0.1) is 25.5 Å². The molecule has 0 bridgehead atoms. The molecular formula is C25H23N5O4. The minimum atomic E-state index is -0.397. The van der Waals surface area contributed by atoms with Crippen LogP contribution in [0.2, 0.25) is 0 Å². The number of amides is 1. The van der Waals surface area contributed by atoms with E-state index >= 15 is 0 Å². The molecule has 0 fully saturated rings. The van der Waals surface area contributed by atoms with Crippen molar-refractivity contribution in [1.29, 1.82) is 5.41 Å². The molecule has 9 heteroatoms. The molecule has 0 atom stereocenters. The molecule has 0 saturated carbocycles. The number of nitrogen functional groups attached to an aromatic ring is 1. The van der Waals surface area contributed by atoms with Gasteiger partial charge in [0.25, 0.3) is 5.91 Å². The number of ether oxygens (including phenoxy) is 2. The van der Waals surface area contributed by atoms with Crippen molar-refractivity contribution in [2.45, 2.75) is 6.92 Å². The molecule has 0 aliphatic rings. The second kappa shape index (κ2) is 9.45. The largest absolute Gasteiger partial charge is 0.496 e. The summed E-state index contributed by atoms with van der Waals surface area (Å²) in [5, 5.41) is 14.4. The SMILES string of the molecule is COc1cc(-c2ccc(NC(=O)c3c(-c4ccccc4)noc3C)c(OC)n2)cc(N)c1C=N. The number of methoxy groups -OCH3 is 2. The van der Waals surface area contributed by atoms with Crippen molar-refractivity contribution in [2.75, 3.05) is 25.3 Å². The molecule has 0 unspecified atom stereocenters. The molecule has 0 radical (unpaired) electrons. The summed E-state index contributed by atoms with van der Waals surface area (Å²) in [6.45, 7) is 1.68. The molecule has 34 heavy (non-hydrogen) atoms. The number of carbonyl (C=O) groups is 1. The third kappa shape index (κ3) is 4.18. The van der Waals surface area contributed by atoms with Crippen LogP contribution in [0, 0.1) is 12.3 Å². The molecule has 1 amide bonds. The Morgan fingerprint density at radius 2 is 1.85 bits per heavy atom. The van der Waals surface area contributed by atoms with Crippen LogP contribution in [0.5, 0.6) is 11.6 Å². The van der Waals surface area contributed by atoms with Gasteiger partial charge in [-0.2, -0.15) is 0 Å². The molecular weight excluding hydrogens is 434 g/mol. The smallest absolute Gasteiger partial charge is 0.261 e. The number of carbonyl (C=O) groups excluding carboxylic acids is 1. The Labute approximate surface area is 196 Å². The monoisotopic (exact) mass is 457 g/mol. The van der Waals surface area contributed by atoms with E-state index in [9.17, 15) is 4.79 Å². The lowest BCUT2D eigenvalue weighted by molar-refractivity contribution is 0.102. The van der Waals surface area contributed by atoms with Gasteiger partial charge in [-0.25, -0.2) is 4.98 Å². The fourth-order valence-electron chi connectivity index (χ4n) is 3.59. The highest BCUT2D eigenvalue weighted by Gasteiger charge is 2.23. The zero-order valence-corrected chi connectivity index (χ0v) is 18.9. The summed E-state index contributed by atoms with van der Waals surface area (Å²) < 4.78 is 16.1. The molecule has 2 aromatic carbocycles. The Morgan fingerprint density at radius 1 is 1.09 bits per heavy atom. The summed E-state index contributed by atoms with van der Waals surface area (Å²) in [5.74, 6) is 0.676. The minimum Gasteiger partial charge on any atom is -0.496 e. The Morgan fingerprint density at radius 3 is 2.53 bits per heavy atom. The fraction of sp³-hybridized carbons (Fsp3) is 0.120. The lowest BCUT2D eigenvalue weighted by Gasteiger charge is -2.13. The minimum absolute atomic E-state index is 0.217. The number of aromatic nitrogens is 2. The highest BCUT2D eigenvalue weighted by atomic mass is 16.5. The van der Waals surface area contributed by atoms with E-state index in [0.29, 0.717) is 51.0 Å². The van der Waals surface area contributed by atoms with Crippen LogP contribution < -0.4 is 20.5 Å². The van der Waals surface area contributed by atoms with Gasteiger partial charge in [0.15, 0.2) is 0 Å². The number of pyridine rings is 1. The number of benzene rings is 2. The summed E-state index contributed by atoms with van der Waals surface area (Å²) in [4.78, 5) is 17.7. The van der Waals surface area contributed by atoms with Crippen molar-refractivity contribution in [1.82, 2.24) is 10.1 Å². The number of nitrogens with one attached hydrogen (secondary N) is 2. The normalized spacial score (nSPS) is 10.6. The summed E-state index contributed by atoms with van der Waals surface area (Å²) in [6, 6.07) is 16.2. The second-order valence-electron chi connectivity index (χ2n) is 7.36. The Bertz CT molecular complexity index is 1370. The molecule has 2 aromatic heterocycles. The second-order valence-corrected chi connectivity index (χ2v) is 7.36. The predicted molar refractivity (Wildman–Crippen MR) is 130 cm³/mol. The van der Waals surface area contributed by atoms with Gasteiger partial charge < -0.3 is 30.5 Å². The molecule has 2 heterocycles. The van der Waals surface area contributed by atoms with E-state index in [-0.39, 0.29) is 5.88 Å². The Hall–Kier alpha value is -4.66. The van der Waals surface area contributed by atoms with Crippen molar-refractivity contribution >= 4 is 23.5 Å². The summed E-state index contributed by atoms with van der Waals surface area (Å²) in [6.07, 6.45) is 1.14. The quantitative estimate of drug-likeness (QED) is 0.273. The van der Waals surface area contributed by atoms with Gasteiger partial charge in [0.2, 0.25) is 5.88 Å². The van der Waals surface area contributed by atoms with Crippen LogP contribution in [0.1, 0.15) is 21.7 Å². The standard InChI is InChI=1S/C25H23N5O4/c1-14-22(23(30-34-14)15-7-5-4-6-8-15)24(31)28-20-10-9-19(29-25(20)33-3)16-11-18(27)17(13-26)21(12-16)32-2/h4-13,26H,27H2,1-3H3,(H,28,31). The third-order valence-electron chi connectivity index (χ3n) is 5.27. The van der Waals surface area contributed by atoms with E-state index in [0.717, 1.165) is 11.8 Å². The van der Waals surface area contributed by atoms with Gasteiger partial charge in [-0.05, 0) is 31.2 Å². The van der Waals surface area contributed by atoms with Crippen molar-refractivity contribution in [3.63, 3.8) is 0 Å². The van der Waals surface area contributed by atoms with Crippen molar-refractivity contribution in [3.8, 4) is 34.1 Å². The first kappa shape index (κ1) is 22.5. The van der Waals surface area contributed by atoms with E-state index in [4.69, 9.17) is 25.1 Å². The van der Waals surface area contributed by atoms with Crippen LogP contribution in [0.4, 0.5) is 11.4 Å². The van der Waals surface area contributed by atoms with Gasteiger partial charge in [-0.3, -0.25) is 4.79 Å². The van der Waals surface area contributed by atoms with Crippen LogP contribution in [-0.4, -0.2) is 36.5 Å². The van der Waals surface area contributed by atoms with Crippen molar-refractivity contribution in [3.05, 3.63) is 71.5 Å². The predicted octanol–water partition coefficient (Wildman–Crippen LogP) is 4.56. The summed E-state index contributed by atoms with van der Waals surface area (Å²) >= 11 is 0. The molecule has 0 aliphatic carbocycles. The van der Waals surface area contributed by atoms with E-state index < -0.39 is 5.91 Å². The highest BCUT2D eigenvalue weighted by molar-refractivity contribution is 6.09. The molecule has 172 valence electrons. The molecule has 9 nitrogen and oxygen atoms in total. The molecule has 0 saturated heterocycles. The number of anilines is 2. The molecule has 4 N–H and O–H groups in total. The number of aryl methyl sites for hydroxylation is 1. The van der Waals surface area contributed by atoms with Crippen molar-refractivity contribution < 1.29 is 18.8 Å². The number of hydrogen-bond donors (Lipinski definition) is 3. The maximum absolute atomic E-state index is 13.2. The average molecular weight is 457 g/mol. The number of hydrogen-bond acceptors (Lipinski definition) is 8. The van der Waals surface area contributed by atoms with Crippen LogP contribution in [0.25, 0.3) is 22.5 Å².